The van der Waals surface area contributed by atoms with Crippen molar-refractivity contribution in [3.8, 4) is 5.75 Å². The minimum atomic E-state index is -4.03. The van der Waals surface area contributed by atoms with Crippen LogP contribution in [0.25, 0.3) is 0 Å². The maximum Gasteiger partial charge on any atom is 0.339 e. The van der Waals surface area contributed by atoms with Gasteiger partial charge in [0.15, 0.2) is 0 Å². The second-order valence-electron chi connectivity index (χ2n) is 7.26. The van der Waals surface area contributed by atoms with Gasteiger partial charge >= 0.3 is 10.1 Å². The van der Waals surface area contributed by atoms with Crippen LogP contribution in [0.4, 0.5) is 0 Å². The van der Waals surface area contributed by atoms with Crippen LogP contribution in [0.1, 0.15) is 36.8 Å². The van der Waals surface area contributed by atoms with Crippen LogP contribution in [0.2, 0.25) is 0 Å². The molecule has 1 saturated heterocycles. The highest BCUT2D eigenvalue weighted by molar-refractivity contribution is 7.89. The number of benzene rings is 2. The Balaban J connectivity index is 1.54. The van der Waals surface area contributed by atoms with Gasteiger partial charge in [0, 0.05) is 13.1 Å². The molecular weight excluding hydrogens is 398 g/mol. The molecule has 1 fully saturated rings. The summed E-state index contributed by atoms with van der Waals surface area (Å²) < 4.78 is 57.3. The fraction of sp³-hybridized carbons (Fsp3) is 0.400. The first-order chi connectivity index (χ1) is 13.4. The molecule has 0 amide bonds. The lowest BCUT2D eigenvalue weighted by atomic mass is 10.1. The number of aryl methyl sites for hydroxylation is 2. The summed E-state index contributed by atoms with van der Waals surface area (Å²) in [5, 5.41) is 0. The van der Waals surface area contributed by atoms with Crippen LogP contribution >= 0.6 is 0 Å². The standard InChI is InChI=1S/C20H23NO5S2/c22-27(23,21-13-2-1-3-14-21)19-9-11-20(12-10-19)28(24,25)26-18-8-7-16-5-4-6-17(16)15-18/h7-12,15H,1-6,13-14H2. The van der Waals surface area contributed by atoms with E-state index < -0.39 is 20.1 Å². The summed E-state index contributed by atoms with van der Waals surface area (Å²) in [7, 11) is -7.62. The summed E-state index contributed by atoms with van der Waals surface area (Å²) in [5.41, 5.74) is 2.35. The molecule has 150 valence electrons. The lowest BCUT2D eigenvalue weighted by Crippen LogP contribution is -2.35. The Hall–Kier alpha value is -1.90. The number of sulfonamides is 1. The molecule has 28 heavy (non-hydrogen) atoms. The van der Waals surface area contributed by atoms with Crippen molar-refractivity contribution in [2.24, 2.45) is 0 Å². The Labute approximate surface area is 166 Å². The van der Waals surface area contributed by atoms with Gasteiger partial charge in [0.05, 0.1) is 4.90 Å². The quantitative estimate of drug-likeness (QED) is 0.693. The molecule has 0 N–H and O–H groups in total. The van der Waals surface area contributed by atoms with Gasteiger partial charge in [-0.25, -0.2) is 8.42 Å². The zero-order valence-corrected chi connectivity index (χ0v) is 17.1. The Morgan fingerprint density at radius 2 is 1.36 bits per heavy atom. The third-order valence-corrected chi connectivity index (χ3v) is 8.52. The van der Waals surface area contributed by atoms with Gasteiger partial charge in [-0.2, -0.15) is 12.7 Å². The molecule has 1 heterocycles. The first kappa shape index (κ1) is 19.4. The normalized spacial score (nSPS) is 18.0. The monoisotopic (exact) mass is 421 g/mol. The molecule has 0 unspecified atom stereocenters. The highest BCUT2D eigenvalue weighted by Gasteiger charge is 2.27. The predicted molar refractivity (Wildman–Crippen MR) is 105 cm³/mol. The van der Waals surface area contributed by atoms with Crippen molar-refractivity contribution >= 4 is 20.1 Å². The molecule has 2 aromatic carbocycles. The Morgan fingerprint density at radius 3 is 2.07 bits per heavy atom. The minimum absolute atomic E-state index is 0.0643. The van der Waals surface area contributed by atoms with Crippen LogP contribution in [-0.2, 0) is 33.0 Å². The third-order valence-electron chi connectivity index (χ3n) is 5.34. The number of rotatable bonds is 5. The van der Waals surface area contributed by atoms with Crippen molar-refractivity contribution in [1.29, 1.82) is 0 Å². The highest BCUT2D eigenvalue weighted by atomic mass is 32.2. The lowest BCUT2D eigenvalue weighted by Gasteiger charge is -2.25. The topological polar surface area (TPSA) is 80.8 Å². The van der Waals surface area contributed by atoms with E-state index in [0.29, 0.717) is 13.1 Å². The maximum atomic E-state index is 12.7. The van der Waals surface area contributed by atoms with E-state index in [1.54, 1.807) is 12.1 Å². The number of hydrogen-bond donors (Lipinski definition) is 0. The van der Waals surface area contributed by atoms with Crippen LogP contribution in [-0.4, -0.2) is 34.2 Å². The van der Waals surface area contributed by atoms with E-state index >= 15 is 0 Å². The second kappa shape index (κ2) is 7.50. The summed E-state index contributed by atoms with van der Waals surface area (Å²) in [6.07, 6.45) is 5.73. The molecule has 1 aliphatic heterocycles. The molecule has 6 nitrogen and oxygen atoms in total. The molecule has 0 radical (unpaired) electrons. The SMILES string of the molecule is O=S(=O)(Oc1ccc2c(c1)CCC2)c1ccc(S(=O)(=O)N2CCCCC2)cc1. The molecule has 1 aliphatic carbocycles. The average molecular weight is 422 g/mol. The fourth-order valence-electron chi connectivity index (χ4n) is 3.81. The summed E-state index contributed by atoms with van der Waals surface area (Å²) in [5.74, 6) is 0.283. The molecule has 0 spiro atoms. The lowest BCUT2D eigenvalue weighted by molar-refractivity contribution is 0.346. The average Bonchev–Trinajstić information content (AvgIpc) is 3.16. The molecular formula is C20H23NO5S2. The van der Waals surface area contributed by atoms with Gasteiger partial charge in [0.2, 0.25) is 10.0 Å². The molecule has 2 aliphatic rings. The molecule has 0 aromatic heterocycles. The first-order valence-electron chi connectivity index (χ1n) is 9.53. The number of nitrogens with zero attached hydrogens (tertiary/aromatic N) is 1. The third kappa shape index (κ3) is 3.81. The van der Waals surface area contributed by atoms with Crippen molar-refractivity contribution in [2.75, 3.05) is 13.1 Å². The molecule has 8 heteroatoms. The molecule has 0 saturated carbocycles. The van der Waals surface area contributed by atoms with E-state index in [-0.39, 0.29) is 15.5 Å². The predicted octanol–water partition coefficient (Wildman–Crippen LogP) is 3.12. The smallest absolute Gasteiger partial charge is 0.339 e. The Morgan fingerprint density at radius 1 is 0.714 bits per heavy atom. The Bertz CT molecular complexity index is 1070. The van der Waals surface area contributed by atoms with Gasteiger partial charge in [-0.1, -0.05) is 12.5 Å². The Kier molecular flexibility index (Phi) is 5.20. The van der Waals surface area contributed by atoms with Crippen LogP contribution in [0.5, 0.6) is 5.75 Å². The fourth-order valence-corrected chi connectivity index (χ4v) is 6.25. The number of fused-ring (bicyclic) bond motifs is 1. The van der Waals surface area contributed by atoms with Crippen LogP contribution < -0.4 is 4.18 Å². The zero-order chi connectivity index (χ0) is 19.8. The van der Waals surface area contributed by atoms with Gasteiger partial charge in [-0.3, -0.25) is 0 Å². The minimum Gasteiger partial charge on any atom is -0.379 e. The molecule has 4 rings (SSSR count). The van der Waals surface area contributed by atoms with Gasteiger partial charge in [0.1, 0.15) is 10.6 Å². The van der Waals surface area contributed by atoms with Crippen molar-refractivity contribution in [3.05, 3.63) is 53.6 Å². The van der Waals surface area contributed by atoms with E-state index in [9.17, 15) is 16.8 Å². The second-order valence-corrected chi connectivity index (χ2v) is 10.7. The maximum absolute atomic E-state index is 12.7. The number of hydrogen-bond acceptors (Lipinski definition) is 5. The van der Waals surface area contributed by atoms with E-state index in [4.69, 9.17) is 4.18 Å². The summed E-state index contributed by atoms with van der Waals surface area (Å²) in [6, 6.07) is 10.6. The summed E-state index contributed by atoms with van der Waals surface area (Å²) >= 11 is 0. The highest BCUT2D eigenvalue weighted by Crippen LogP contribution is 2.28. The molecule has 0 bridgehead atoms. The van der Waals surface area contributed by atoms with Crippen molar-refractivity contribution in [2.45, 2.75) is 48.3 Å². The van der Waals surface area contributed by atoms with E-state index in [2.05, 4.69) is 0 Å². The number of piperidine rings is 1. The zero-order valence-electron chi connectivity index (χ0n) is 15.5. The molecule has 0 atom stereocenters. The summed E-state index contributed by atoms with van der Waals surface area (Å²) in [6.45, 7) is 1.01. The molecule has 2 aromatic rings. The van der Waals surface area contributed by atoms with Crippen molar-refractivity contribution in [1.82, 2.24) is 4.31 Å². The summed E-state index contributed by atoms with van der Waals surface area (Å²) in [4.78, 5) is 0.0384. The largest absolute Gasteiger partial charge is 0.379 e. The van der Waals surface area contributed by atoms with Crippen molar-refractivity contribution < 1.29 is 21.0 Å². The van der Waals surface area contributed by atoms with Crippen LogP contribution in [0.3, 0.4) is 0 Å². The van der Waals surface area contributed by atoms with Gasteiger partial charge in [0.25, 0.3) is 0 Å². The van der Waals surface area contributed by atoms with Gasteiger partial charge in [-0.15, -0.1) is 0 Å². The first-order valence-corrected chi connectivity index (χ1v) is 12.4. The van der Waals surface area contributed by atoms with E-state index in [1.807, 2.05) is 6.07 Å². The van der Waals surface area contributed by atoms with Crippen molar-refractivity contribution in [3.63, 3.8) is 0 Å². The van der Waals surface area contributed by atoms with Gasteiger partial charge in [-0.05, 0) is 79.6 Å². The van der Waals surface area contributed by atoms with E-state index in [1.165, 1.54) is 34.1 Å². The van der Waals surface area contributed by atoms with Crippen LogP contribution in [0, 0.1) is 0 Å². The van der Waals surface area contributed by atoms with Gasteiger partial charge < -0.3 is 4.18 Å². The van der Waals surface area contributed by atoms with Crippen LogP contribution in [0.15, 0.2) is 52.3 Å². The van der Waals surface area contributed by atoms with E-state index in [0.717, 1.165) is 44.1 Å².